The van der Waals surface area contributed by atoms with E-state index < -0.39 is 0 Å². The van der Waals surface area contributed by atoms with Gasteiger partial charge in [0.15, 0.2) is 11.0 Å². The number of thioether (sulfide) groups is 1. The first kappa shape index (κ1) is 18.2. The normalized spacial score (nSPS) is 10.9. The topological polar surface area (TPSA) is 73.0 Å². The number of benzene rings is 1. The average Bonchev–Trinajstić information content (AvgIpc) is 3.24. The van der Waals surface area contributed by atoms with Gasteiger partial charge in [-0.1, -0.05) is 23.9 Å². The van der Waals surface area contributed by atoms with Gasteiger partial charge in [0.05, 0.1) is 17.6 Å². The van der Waals surface area contributed by atoms with Gasteiger partial charge in [0.2, 0.25) is 5.91 Å². The summed E-state index contributed by atoms with van der Waals surface area (Å²) in [5.41, 5.74) is 1.74. The predicted molar refractivity (Wildman–Crippen MR) is 97.1 cm³/mol. The third kappa shape index (κ3) is 4.13. The van der Waals surface area contributed by atoms with E-state index in [9.17, 15) is 9.18 Å². The zero-order chi connectivity index (χ0) is 18.5. The summed E-state index contributed by atoms with van der Waals surface area (Å²) in [6.45, 7) is 4.92. The van der Waals surface area contributed by atoms with Gasteiger partial charge in [0.1, 0.15) is 11.6 Å². The maximum Gasteiger partial charge on any atom is 0.230 e. The molecule has 0 unspecified atom stereocenters. The number of rotatable bonds is 7. The highest BCUT2D eigenvalue weighted by Gasteiger charge is 2.17. The van der Waals surface area contributed by atoms with Crippen LogP contribution >= 0.6 is 11.8 Å². The number of furan rings is 1. The molecule has 0 saturated carbocycles. The molecule has 0 aliphatic rings. The fourth-order valence-corrected chi connectivity index (χ4v) is 3.31. The number of aryl methyl sites for hydroxylation is 1. The lowest BCUT2D eigenvalue weighted by atomic mass is 10.2. The molecule has 0 spiro atoms. The van der Waals surface area contributed by atoms with Crippen molar-refractivity contribution in [3.8, 4) is 11.4 Å². The third-order valence-corrected chi connectivity index (χ3v) is 4.83. The van der Waals surface area contributed by atoms with Gasteiger partial charge in [0, 0.05) is 13.1 Å². The minimum absolute atomic E-state index is 0.119. The number of carbonyl (C=O) groups is 1. The molecule has 2 heterocycles. The molecule has 0 aliphatic carbocycles. The lowest BCUT2D eigenvalue weighted by molar-refractivity contribution is -0.118. The SMILES string of the molecule is CCn1c(SCC(=O)NCc2ccc(F)cc2)nnc1-c1ccoc1C. The van der Waals surface area contributed by atoms with E-state index in [1.165, 1.54) is 23.9 Å². The van der Waals surface area contributed by atoms with E-state index in [4.69, 9.17) is 4.42 Å². The zero-order valence-electron chi connectivity index (χ0n) is 14.5. The van der Waals surface area contributed by atoms with Crippen LogP contribution in [-0.4, -0.2) is 26.4 Å². The second-order valence-electron chi connectivity index (χ2n) is 5.63. The van der Waals surface area contributed by atoms with Crippen molar-refractivity contribution in [3.05, 3.63) is 53.7 Å². The largest absolute Gasteiger partial charge is 0.469 e. The summed E-state index contributed by atoms with van der Waals surface area (Å²) in [6.07, 6.45) is 1.62. The fraction of sp³-hybridized carbons (Fsp3) is 0.278. The van der Waals surface area contributed by atoms with Crippen LogP contribution in [0.25, 0.3) is 11.4 Å². The van der Waals surface area contributed by atoms with Gasteiger partial charge < -0.3 is 14.3 Å². The van der Waals surface area contributed by atoms with Crippen LogP contribution < -0.4 is 5.32 Å². The molecule has 0 fully saturated rings. The number of amides is 1. The van der Waals surface area contributed by atoms with E-state index in [1.807, 2.05) is 24.5 Å². The van der Waals surface area contributed by atoms with E-state index >= 15 is 0 Å². The highest BCUT2D eigenvalue weighted by molar-refractivity contribution is 7.99. The molecule has 0 aliphatic heterocycles. The highest BCUT2D eigenvalue weighted by Crippen LogP contribution is 2.26. The minimum Gasteiger partial charge on any atom is -0.469 e. The molecule has 0 bridgehead atoms. The van der Waals surface area contributed by atoms with E-state index in [-0.39, 0.29) is 17.5 Å². The maximum atomic E-state index is 12.9. The Hall–Kier alpha value is -2.61. The van der Waals surface area contributed by atoms with Crippen LogP contribution in [-0.2, 0) is 17.9 Å². The van der Waals surface area contributed by atoms with Gasteiger partial charge in [-0.3, -0.25) is 4.79 Å². The summed E-state index contributed by atoms with van der Waals surface area (Å²) in [6, 6.07) is 7.90. The molecule has 26 heavy (non-hydrogen) atoms. The van der Waals surface area contributed by atoms with Crippen LogP contribution in [0.15, 0.2) is 46.2 Å². The number of nitrogens with zero attached hydrogens (tertiary/aromatic N) is 3. The van der Waals surface area contributed by atoms with Gasteiger partial charge in [-0.05, 0) is 37.6 Å². The maximum absolute atomic E-state index is 12.9. The van der Waals surface area contributed by atoms with E-state index in [1.54, 1.807) is 18.4 Å². The Kier molecular flexibility index (Phi) is 5.72. The van der Waals surface area contributed by atoms with Crippen molar-refractivity contribution in [1.29, 1.82) is 0 Å². The lowest BCUT2D eigenvalue weighted by Gasteiger charge is -2.07. The van der Waals surface area contributed by atoms with Gasteiger partial charge >= 0.3 is 0 Å². The standard InChI is InChI=1S/C18H19FN4O2S/c1-3-23-17(15-8-9-25-12(15)2)21-22-18(23)26-11-16(24)20-10-13-4-6-14(19)7-5-13/h4-9H,3,10-11H2,1-2H3,(H,20,24). The summed E-state index contributed by atoms with van der Waals surface area (Å²) < 4.78 is 20.2. The van der Waals surface area contributed by atoms with Crippen LogP contribution in [0, 0.1) is 12.7 Å². The number of halogens is 1. The Bertz CT molecular complexity index is 889. The van der Waals surface area contributed by atoms with Crippen molar-refractivity contribution in [3.63, 3.8) is 0 Å². The van der Waals surface area contributed by atoms with Gasteiger partial charge in [0.25, 0.3) is 0 Å². The van der Waals surface area contributed by atoms with Crippen molar-refractivity contribution in [2.75, 3.05) is 5.75 Å². The summed E-state index contributed by atoms with van der Waals surface area (Å²) >= 11 is 1.33. The van der Waals surface area contributed by atoms with Crippen molar-refractivity contribution < 1.29 is 13.6 Å². The number of nitrogens with one attached hydrogen (secondary N) is 1. The van der Waals surface area contributed by atoms with Gasteiger partial charge in [-0.15, -0.1) is 10.2 Å². The number of aromatic nitrogens is 3. The van der Waals surface area contributed by atoms with Crippen molar-refractivity contribution in [1.82, 2.24) is 20.1 Å². The molecule has 6 nitrogen and oxygen atoms in total. The number of carbonyl (C=O) groups excluding carboxylic acids is 1. The minimum atomic E-state index is -0.293. The molecule has 3 aromatic rings. The molecule has 3 rings (SSSR count). The van der Waals surface area contributed by atoms with Crippen LogP contribution in [0.5, 0.6) is 0 Å². The molecule has 0 atom stereocenters. The molecule has 1 amide bonds. The highest BCUT2D eigenvalue weighted by atomic mass is 32.2. The summed E-state index contributed by atoms with van der Waals surface area (Å²) in [5, 5.41) is 11.9. The van der Waals surface area contributed by atoms with E-state index in [0.717, 1.165) is 22.7 Å². The molecule has 8 heteroatoms. The molecule has 1 aromatic carbocycles. The Morgan fingerprint density at radius 2 is 2.04 bits per heavy atom. The average molecular weight is 374 g/mol. The fourth-order valence-electron chi connectivity index (χ4n) is 2.48. The van der Waals surface area contributed by atoms with Crippen LogP contribution in [0.2, 0.25) is 0 Å². The number of hydrogen-bond acceptors (Lipinski definition) is 5. The first-order chi connectivity index (χ1) is 12.6. The zero-order valence-corrected chi connectivity index (χ0v) is 15.3. The third-order valence-electron chi connectivity index (χ3n) is 3.87. The van der Waals surface area contributed by atoms with E-state index in [0.29, 0.717) is 18.2 Å². The predicted octanol–water partition coefficient (Wildman–Crippen LogP) is 3.41. The molecule has 0 radical (unpaired) electrons. The Morgan fingerprint density at radius 3 is 2.69 bits per heavy atom. The Balaban J connectivity index is 1.59. The van der Waals surface area contributed by atoms with Crippen molar-refractivity contribution in [2.24, 2.45) is 0 Å². The van der Waals surface area contributed by atoms with Crippen LogP contribution in [0.1, 0.15) is 18.2 Å². The first-order valence-electron chi connectivity index (χ1n) is 8.20. The molecule has 0 saturated heterocycles. The molecule has 2 aromatic heterocycles. The molecular weight excluding hydrogens is 355 g/mol. The summed E-state index contributed by atoms with van der Waals surface area (Å²) in [5.74, 6) is 1.32. The Labute approximate surface area is 154 Å². The van der Waals surface area contributed by atoms with Crippen molar-refractivity contribution in [2.45, 2.75) is 32.1 Å². The monoisotopic (exact) mass is 374 g/mol. The van der Waals surface area contributed by atoms with E-state index in [2.05, 4.69) is 15.5 Å². The smallest absolute Gasteiger partial charge is 0.230 e. The van der Waals surface area contributed by atoms with Crippen molar-refractivity contribution >= 4 is 17.7 Å². The lowest BCUT2D eigenvalue weighted by Crippen LogP contribution is -2.24. The van der Waals surface area contributed by atoms with Gasteiger partial charge in [-0.2, -0.15) is 0 Å². The number of hydrogen-bond donors (Lipinski definition) is 1. The second kappa shape index (κ2) is 8.18. The summed E-state index contributed by atoms with van der Waals surface area (Å²) in [4.78, 5) is 12.1. The second-order valence-corrected chi connectivity index (χ2v) is 6.58. The molecule has 1 N–H and O–H groups in total. The van der Waals surface area contributed by atoms with Crippen LogP contribution in [0.3, 0.4) is 0 Å². The molecule has 136 valence electrons. The Morgan fingerprint density at radius 1 is 1.27 bits per heavy atom. The first-order valence-corrected chi connectivity index (χ1v) is 9.18. The molecular formula is C18H19FN4O2S. The quantitative estimate of drug-likeness (QED) is 0.642. The van der Waals surface area contributed by atoms with Crippen LogP contribution in [0.4, 0.5) is 4.39 Å². The van der Waals surface area contributed by atoms with Gasteiger partial charge in [-0.25, -0.2) is 4.39 Å². The summed E-state index contributed by atoms with van der Waals surface area (Å²) in [7, 11) is 0.